The number of anilines is 6. The van der Waals surface area contributed by atoms with E-state index in [2.05, 4.69) is 88.6 Å². The number of aryl methyl sites for hydroxylation is 7. The third-order valence-electron chi connectivity index (χ3n) is 20.8. The Morgan fingerprint density at radius 3 is 0.861 bits per heavy atom. The highest BCUT2D eigenvalue weighted by molar-refractivity contribution is 7.94. The van der Waals surface area contributed by atoms with E-state index in [1.807, 2.05) is 109 Å². The number of rotatable bonds is 18. The molecule has 596 valence electrons. The van der Waals surface area contributed by atoms with Gasteiger partial charge in [0.05, 0.1) is 57.8 Å². The summed E-state index contributed by atoms with van der Waals surface area (Å²) in [5, 5.41) is 10.8. The number of Topliss-reactive ketones (excluding diaryl/α,β-unsaturated/α-hetero) is 1. The van der Waals surface area contributed by atoms with Gasteiger partial charge in [0.1, 0.15) is 0 Å². The predicted octanol–water partition coefficient (Wildman–Crippen LogP) is 19.5. The normalized spacial score (nSPS) is 13.5. The molecule has 5 aliphatic rings. The second kappa shape index (κ2) is 34.3. The number of nitro groups is 1. The lowest BCUT2D eigenvalue weighted by Crippen LogP contribution is -2.15. The first kappa shape index (κ1) is 84.4. The smallest absolute Gasteiger partial charge is 0.270 e. The van der Waals surface area contributed by atoms with Crippen LogP contribution in [0.25, 0.3) is 27.9 Å². The van der Waals surface area contributed by atoms with E-state index < -0.39 is 55.0 Å². The maximum Gasteiger partial charge on any atom is 0.270 e. The highest BCUT2D eigenvalue weighted by atomic mass is 32.2. The Morgan fingerprint density at radius 2 is 0.591 bits per heavy atom. The van der Waals surface area contributed by atoms with Crippen molar-refractivity contribution in [2.45, 2.75) is 153 Å². The first-order chi connectivity index (χ1) is 54.3. The van der Waals surface area contributed by atoms with Gasteiger partial charge in [-0.1, -0.05) is 116 Å². The standard InChI is InChI=1S/C20H21NO3S.2C18H19NO2S.C17H16N2O4S.C17H18N2O2S/c1-4-19(22)15-6-5-7-16(12-15)25(23,24)21-18-11-9-14(3)20-13(2)8-10-17(18)20;2*1-12-5-4-6-15(11-12)22(20,21)19-17-10-8-14(3)18-13(2)7-9-16(17)18;1-11-6-8-15-16(9-7-12(2)17(11)15)18-24(22,23)14-5-3-4-13(10-14)19(20)21;1-11-6-8-15-16(9-7-12(2)17(11)15)19-22(20,21)14-5-3-4-13(18)10-14/h5-9,11-12,21H,4,10H2,1-3H3;2*4-8,10-11,19H,9H2,1-3H3;3-7,9-10,18H,8H2,1-2H3;3-7,9-10,19H,8,18H2,1-2H3. The second-order valence-electron chi connectivity index (χ2n) is 29.2. The zero-order valence-electron chi connectivity index (χ0n) is 66.3. The van der Waals surface area contributed by atoms with Crippen molar-refractivity contribution in [3.8, 4) is 0 Å². The highest BCUT2D eigenvalue weighted by Gasteiger charge is 2.29. The molecule has 5 aliphatic carbocycles. The molecule has 10 aromatic rings. The van der Waals surface area contributed by atoms with Crippen molar-refractivity contribution in [3.63, 3.8) is 0 Å². The van der Waals surface area contributed by atoms with Gasteiger partial charge in [0.25, 0.3) is 55.8 Å². The van der Waals surface area contributed by atoms with Crippen LogP contribution in [0, 0.1) is 58.6 Å². The Bertz CT molecular complexity index is 6050. The molecule has 10 aromatic carbocycles. The van der Waals surface area contributed by atoms with Gasteiger partial charge in [0.2, 0.25) is 0 Å². The van der Waals surface area contributed by atoms with Gasteiger partial charge in [0.15, 0.2) is 5.78 Å². The number of nitrogens with two attached hydrogens (primary N) is 1. The number of carbonyl (C=O) groups excluding carboxylic acids is 1. The summed E-state index contributed by atoms with van der Waals surface area (Å²) in [6.45, 7) is 25.9. The number of carbonyl (C=O) groups is 1. The number of hydrogen-bond donors (Lipinski definition) is 6. The Kier molecular flexibility index (Phi) is 25.2. The van der Waals surface area contributed by atoms with Crippen LogP contribution < -0.4 is 29.3 Å². The van der Waals surface area contributed by atoms with E-state index >= 15 is 0 Å². The first-order valence-electron chi connectivity index (χ1n) is 37.3. The Balaban J connectivity index is 0.000000142. The number of allylic oxidation sites excluding steroid dienone is 10. The van der Waals surface area contributed by atoms with E-state index in [-0.39, 0.29) is 26.2 Å². The molecule has 0 spiro atoms. The number of fused-ring (bicyclic) bond motifs is 5. The molecule has 0 saturated carbocycles. The predicted molar refractivity (Wildman–Crippen MR) is 464 cm³/mol. The topological polar surface area (TPSA) is 317 Å². The monoisotopic (exact) mass is 1640 g/mol. The molecular formula is C90H93N7O13S5. The zero-order chi connectivity index (χ0) is 83.4. The maximum absolute atomic E-state index is 12.8. The van der Waals surface area contributed by atoms with Crippen molar-refractivity contribution in [3.05, 3.63) is 323 Å². The number of sulfonamides is 5. The number of ketones is 1. The molecule has 0 radical (unpaired) electrons. The highest BCUT2D eigenvalue weighted by Crippen LogP contribution is 2.42. The fourth-order valence-electron chi connectivity index (χ4n) is 15.0. The van der Waals surface area contributed by atoms with Gasteiger partial charge < -0.3 is 5.73 Å². The molecule has 0 atom stereocenters. The fraction of sp³-hybridized carbons (Fsp3) is 0.211. The van der Waals surface area contributed by atoms with Crippen LogP contribution in [0.3, 0.4) is 0 Å². The minimum atomic E-state index is -3.90. The summed E-state index contributed by atoms with van der Waals surface area (Å²) in [7, 11) is -18.4. The molecule has 0 saturated heterocycles. The number of nitrogens with one attached hydrogen (secondary N) is 5. The number of hydrogen-bond acceptors (Lipinski definition) is 14. The van der Waals surface area contributed by atoms with E-state index in [0.717, 1.165) is 110 Å². The molecule has 0 bridgehead atoms. The first-order valence-corrected chi connectivity index (χ1v) is 44.7. The van der Waals surface area contributed by atoms with Crippen LogP contribution in [-0.4, -0.2) is 52.8 Å². The molecule has 20 nitrogen and oxygen atoms in total. The van der Waals surface area contributed by atoms with Gasteiger partial charge in [0, 0.05) is 29.8 Å². The summed E-state index contributed by atoms with van der Waals surface area (Å²) >= 11 is 0. The molecule has 7 N–H and O–H groups in total. The average Bonchev–Trinajstić information content (AvgIpc) is 1.71. The van der Waals surface area contributed by atoms with Crippen LogP contribution in [0.4, 0.5) is 39.8 Å². The molecule has 0 unspecified atom stereocenters. The summed E-state index contributed by atoms with van der Waals surface area (Å²) in [6.07, 6.45) is 14.6. The van der Waals surface area contributed by atoms with E-state index in [1.54, 1.807) is 79.7 Å². The minimum Gasteiger partial charge on any atom is -0.399 e. The van der Waals surface area contributed by atoms with Crippen molar-refractivity contribution < 1.29 is 51.8 Å². The Labute approximate surface area is 675 Å². The summed E-state index contributed by atoms with van der Waals surface area (Å²) < 4.78 is 140. The van der Waals surface area contributed by atoms with Gasteiger partial charge in [-0.3, -0.25) is 38.5 Å². The maximum atomic E-state index is 12.8. The fourth-order valence-corrected chi connectivity index (χ4v) is 20.8. The average molecular weight is 1640 g/mol. The van der Waals surface area contributed by atoms with Crippen molar-refractivity contribution in [2.24, 2.45) is 0 Å². The van der Waals surface area contributed by atoms with Crippen LogP contribution in [-0.2, 0) is 82.2 Å². The van der Waals surface area contributed by atoms with E-state index in [0.29, 0.717) is 62.3 Å². The zero-order valence-corrected chi connectivity index (χ0v) is 70.4. The number of nitrogen functional groups attached to an aromatic ring is 1. The summed E-state index contributed by atoms with van der Waals surface area (Å²) in [6, 6.07) is 50.1. The van der Waals surface area contributed by atoms with Crippen LogP contribution in [0.2, 0.25) is 0 Å². The number of nitrogens with zero attached hydrogens (tertiary/aromatic N) is 1. The summed E-state index contributed by atoms with van der Waals surface area (Å²) in [4.78, 5) is 22.8. The molecular weight excluding hydrogens is 1550 g/mol. The van der Waals surface area contributed by atoms with Gasteiger partial charge in [-0.15, -0.1) is 0 Å². The van der Waals surface area contributed by atoms with Crippen molar-refractivity contribution >= 4 is 124 Å². The molecule has 25 heteroatoms. The number of benzene rings is 10. The molecule has 0 fully saturated rings. The van der Waals surface area contributed by atoms with Crippen LogP contribution in [0.15, 0.2) is 237 Å². The third-order valence-corrected chi connectivity index (χ3v) is 27.6. The van der Waals surface area contributed by atoms with Gasteiger partial charge in [-0.25, -0.2) is 42.1 Å². The van der Waals surface area contributed by atoms with Gasteiger partial charge in [-0.05, 0) is 329 Å². The number of nitro benzene ring substituents is 1. The van der Waals surface area contributed by atoms with E-state index in [1.165, 1.54) is 87.0 Å². The van der Waals surface area contributed by atoms with Crippen LogP contribution in [0.5, 0.6) is 0 Å². The van der Waals surface area contributed by atoms with Crippen LogP contribution in [0.1, 0.15) is 153 Å². The SMILES string of the molecule is CC1=CCc2c(NS(=O)(=O)c3cccc(C)c3)ccc(C)c21.CC1=CCc2c(NS(=O)(=O)c3cccc(C)c3)ccc(C)c21.CC1=CCc2c(NS(=O)(=O)c3cccc(N)c3)ccc(C)c21.CC1=CCc2c(NS(=O)(=O)c3cccc([N+](=O)[O-])c3)ccc(C)c21.CCC(=O)c1cccc(S(=O)(=O)Nc2ccc(C)c3c2CC=C3C)c1. The van der Waals surface area contributed by atoms with Crippen molar-refractivity contribution in [2.75, 3.05) is 29.3 Å². The molecule has 0 aliphatic heterocycles. The Hall–Kier alpha value is -11.5. The quantitative estimate of drug-likeness (QED) is 0.0201. The number of non-ortho nitro benzene ring substituents is 1. The lowest BCUT2D eigenvalue weighted by molar-refractivity contribution is -0.385. The molecule has 0 amide bonds. The summed E-state index contributed by atoms with van der Waals surface area (Å²) in [5.41, 5.74) is 33.6. The largest absolute Gasteiger partial charge is 0.399 e. The van der Waals surface area contributed by atoms with E-state index in [9.17, 15) is 57.0 Å². The van der Waals surface area contributed by atoms with Gasteiger partial charge in [-0.2, -0.15) is 0 Å². The lowest BCUT2D eigenvalue weighted by atomic mass is 9.99. The lowest BCUT2D eigenvalue weighted by Gasteiger charge is -2.15. The molecule has 115 heavy (non-hydrogen) atoms. The van der Waals surface area contributed by atoms with Gasteiger partial charge >= 0.3 is 0 Å². The minimum absolute atomic E-state index is 0.0758. The third kappa shape index (κ3) is 19.0. The Morgan fingerprint density at radius 1 is 0.339 bits per heavy atom. The van der Waals surface area contributed by atoms with Crippen molar-refractivity contribution in [1.29, 1.82) is 0 Å². The molecule has 0 heterocycles. The van der Waals surface area contributed by atoms with E-state index in [4.69, 9.17) is 5.73 Å². The van der Waals surface area contributed by atoms with Crippen LogP contribution >= 0.6 is 0 Å². The van der Waals surface area contributed by atoms with Crippen molar-refractivity contribution in [1.82, 2.24) is 0 Å². The second-order valence-corrected chi connectivity index (χ2v) is 37.6. The molecule has 15 rings (SSSR count). The summed E-state index contributed by atoms with van der Waals surface area (Å²) in [5.74, 6) is -0.0758. The molecule has 0 aromatic heterocycles.